The quantitative estimate of drug-likeness (QED) is 0.863. The van der Waals surface area contributed by atoms with Crippen molar-refractivity contribution >= 4 is 23.2 Å². The number of imidazole rings is 1. The molecule has 0 saturated heterocycles. The Labute approximate surface area is 127 Å². The third kappa shape index (κ3) is 3.30. The Morgan fingerprint density at radius 1 is 1.36 bits per heavy atom. The molecule has 0 aromatic carbocycles. The molecule has 0 fully saturated rings. The summed E-state index contributed by atoms with van der Waals surface area (Å²) < 4.78 is 1.95. The molecule has 22 heavy (non-hydrogen) atoms. The molecule has 0 atom stereocenters. The smallest absolute Gasteiger partial charge is 0.240 e. The van der Waals surface area contributed by atoms with Crippen molar-refractivity contribution in [2.24, 2.45) is 5.10 Å². The van der Waals surface area contributed by atoms with Gasteiger partial charge in [-0.15, -0.1) is 0 Å². The molecule has 1 aliphatic rings. The van der Waals surface area contributed by atoms with Crippen LogP contribution in [0.4, 0.5) is 0 Å². The Morgan fingerprint density at radius 3 is 3.09 bits per heavy atom. The van der Waals surface area contributed by atoms with Crippen LogP contribution in [0.15, 0.2) is 35.7 Å². The van der Waals surface area contributed by atoms with Gasteiger partial charge in [-0.1, -0.05) is 6.07 Å². The molecule has 0 aliphatic carbocycles. The van der Waals surface area contributed by atoms with Gasteiger partial charge in [0, 0.05) is 24.8 Å². The molecule has 114 valence electrons. The minimum Gasteiger partial charge on any atom is -0.350 e. The van der Waals surface area contributed by atoms with Crippen molar-refractivity contribution in [1.29, 1.82) is 0 Å². The maximum Gasteiger partial charge on any atom is 0.240 e. The van der Waals surface area contributed by atoms with Gasteiger partial charge in [-0.25, -0.2) is 10.4 Å². The molecule has 3 rings (SSSR count). The minimum atomic E-state index is -0.0687. The summed E-state index contributed by atoms with van der Waals surface area (Å²) in [5, 5.41) is 6.84. The Hall–Kier alpha value is -2.70. The molecule has 2 N–H and O–H groups in total. The van der Waals surface area contributed by atoms with E-state index in [2.05, 4.69) is 20.8 Å². The normalized spacial score (nSPS) is 14.5. The number of hydrazone groups is 1. The molecular weight excluding hydrogens is 282 g/mol. The number of carbonyl (C=O) groups excluding carboxylic acids is 2. The highest BCUT2D eigenvalue weighted by molar-refractivity contribution is 5.94. The number of hydrogen-bond acceptors (Lipinski definition) is 4. The number of nitrogens with zero attached hydrogens (tertiary/aromatic N) is 3. The van der Waals surface area contributed by atoms with Gasteiger partial charge in [-0.3, -0.25) is 9.59 Å². The van der Waals surface area contributed by atoms with Gasteiger partial charge in [-0.05, 0) is 25.0 Å². The summed E-state index contributed by atoms with van der Waals surface area (Å²) in [6.07, 6.45) is 5.69. The van der Waals surface area contributed by atoms with Crippen LogP contribution in [0.1, 0.15) is 31.4 Å². The van der Waals surface area contributed by atoms with Crippen molar-refractivity contribution in [2.45, 2.75) is 32.2 Å². The Bertz CT molecular complexity index is 734. The lowest BCUT2D eigenvalue weighted by Gasteiger charge is -2.11. The van der Waals surface area contributed by atoms with Crippen molar-refractivity contribution in [2.75, 3.05) is 0 Å². The van der Waals surface area contributed by atoms with Crippen LogP contribution in [0.25, 0.3) is 5.65 Å². The number of pyridine rings is 1. The van der Waals surface area contributed by atoms with Crippen LogP contribution in [0, 0.1) is 0 Å². The van der Waals surface area contributed by atoms with Gasteiger partial charge in [0.05, 0.1) is 18.4 Å². The molecule has 0 saturated carbocycles. The molecule has 7 nitrogen and oxygen atoms in total. The van der Waals surface area contributed by atoms with Crippen molar-refractivity contribution < 1.29 is 9.59 Å². The topological polar surface area (TPSA) is 87.9 Å². The van der Waals surface area contributed by atoms with E-state index < -0.39 is 0 Å². The van der Waals surface area contributed by atoms with Crippen LogP contribution in [0.3, 0.4) is 0 Å². The lowest BCUT2D eigenvalue weighted by molar-refractivity contribution is -0.121. The van der Waals surface area contributed by atoms with E-state index in [9.17, 15) is 9.59 Å². The van der Waals surface area contributed by atoms with Gasteiger partial charge in [-0.2, -0.15) is 5.10 Å². The van der Waals surface area contributed by atoms with E-state index >= 15 is 0 Å². The lowest BCUT2D eigenvalue weighted by atomic mass is 10.1. The second-order valence-electron chi connectivity index (χ2n) is 5.17. The summed E-state index contributed by atoms with van der Waals surface area (Å²) in [4.78, 5) is 27.2. The zero-order chi connectivity index (χ0) is 15.4. The lowest BCUT2D eigenvalue weighted by Crippen LogP contribution is -2.27. The molecule has 2 aromatic rings. The van der Waals surface area contributed by atoms with Crippen LogP contribution in [0.2, 0.25) is 0 Å². The summed E-state index contributed by atoms with van der Waals surface area (Å²) in [5.74, 6) is -0.105. The number of aromatic nitrogens is 2. The highest BCUT2D eigenvalue weighted by Gasteiger charge is 2.13. The molecular formula is C15H17N5O2. The van der Waals surface area contributed by atoms with Gasteiger partial charge in [0.25, 0.3) is 0 Å². The van der Waals surface area contributed by atoms with Gasteiger partial charge >= 0.3 is 0 Å². The van der Waals surface area contributed by atoms with Gasteiger partial charge in [0.2, 0.25) is 11.8 Å². The molecule has 2 aromatic heterocycles. The second kappa shape index (κ2) is 6.38. The summed E-state index contributed by atoms with van der Waals surface area (Å²) >= 11 is 0. The maximum atomic E-state index is 11.9. The van der Waals surface area contributed by atoms with Crippen molar-refractivity contribution in [3.05, 3.63) is 36.3 Å². The molecule has 0 bridgehead atoms. The number of hydrogen-bond donors (Lipinski definition) is 2. The minimum absolute atomic E-state index is 0.0366. The average molecular weight is 299 g/mol. The van der Waals surface area contributed by atoms with Gasteiger partial charge < -0.3 is 9.72 Å². The van der Waals surface area contributed by atoms with E-state index in [0.29, 0.717) is 32.2 Å². The monoisotopic (exact) mass is 299 g/mol. The summed E-state index contributed by atoms with van der Waals surface area (Å²) in [5.41, 5.74) is 5.10. The third-order valence-electron chi connectivity index (χ3n) is 3.58. The Morgan fingerprint density at radius 2 is 2.27 bits per heavy atom. The number of nitrogens with one attached hydrogen (secondary N) is 2. The van der Waals surface area contributed by atoms with Crippen LogP contribution in [-0.2, 0) is 16.1 Å². The van der Waals surface area contributed by atoms with Crippen molar-refractivity contribution in [3.8, 4) is 0 Å². The highest BCUT2D eigenvalue weighted by atomic mass is 16.2. The Balaban J connectivity index is 1.49. The van der Waals surface area contributed by atoms with Crippen molar-refractivity contribution in [3.63, 3.8) is 0 Å². The first-order chi connectivity index (χ1) is 10.7. The number of rotatable bonds is 5. The molecule has 0 unspecified atom stereocenters. The van der Waals surface area contributed by atoms with Crippen LogP contribution in [0.5, 0.6) is 0 Å². The fourth-order valence-corrected chi connectivity index (χ4v) is 2.34. The SMILES string of the molecule is O=C(CCC1=NNC(=O)CC1)NCc1cnc2ccccn12. The first-order valence-electron chi connectivity index (χ1n) is 7.24. The predicted molar refractivity (Wildman–Crippen MR) is 81.1 cm³/mol. The van der Waals surface area contributed by atoms with E-state index in [0.717, 1.165) is 17.1 Å². The van der Waals surface area contributed by atoms with Crippen LogP contribution < -0.4 is 10.7 Å². The van der Waals surface area contributed by atoms with E-state index in [4.69, 9.17) is 0 Å². The Kier molecular flexibility index (Phi) is 4.13. The predicted octanol–water partition coefficient (Wildman–Crippen LogP) is 0.997. The third-order valence-corrected chi connectivity index (χ3v) is 3.58. The van der Waals surface area contributed by atoms with E-state index in [1.807, 2.05) is 28.8 Å². The van der Waals surface area contributed by atoms with Crippen LogP contribution in [-0.4, -0.2) is 26.9 Å². The average Bonchev–Trinajstić information content (AvgIpc) is 2.96. The standard InChI is InChI=1S/C15H17N5O2/c21-14(6-4-11-5-7-15(22)19-18-11)17-10-12-9-16-13-3-1-2-8-20(12)13/h1-3,8-9H,4-7,10H2,(H,17,21)(H,19,22). The number of amides is 2. The largest absolute Gasteiger partial charge is 0.350 e. The number of fused-ring (bicyclic) bond motifs is 1. The zero-order valence-electron chi connectivity index (χ0n) is 12.1. The van der Waals surface area contributed by atoms with Gasteiger partial charge in [0.15, 0.2) is 0 Å². The zero-order valence-corrected chi connectivity index (χ0v) is 12.1. The second-order valence-corrected chi connectivity index (χ2v) is 5.17. The van der Waals surface area contributed by atoms with Crippen molar-refractivity contribution in [1.82, 2.24) is 20.1 Å². The van der Waals surface area contributed by atoms with E-state index in [-0.39, 0.29) is 11.8 Å². The molecule has 1 aliphatic heterocycles. The van der Waals surface area contributed by atoms with E-state index in [1.54, 1.807) is 6.20 Å². The molecule has 0 radical (unpaired) electrons. The molecule has 0 spiro atoms. The highest BCUT2D eigenvalue weighted by Crippen LogP contribution is 2.07. The van der Waals surface area contributed by atoms with Gasteiger partial charge in [0.1, 0.15) is 5.65 Å². The van der Waals surface area contributed by atoms with E-state index in [1.165, 1.54) is 0 Å². The summed E-state index contributed by atoms with van der Waals surface area (Å²) in [7, 11) is 0. The summed E-state index contributed by atoms with van der Waals surface area (Å²) in [6, 6.07) is 5.77. The molecule has 3 heterocycles. The van der Waals surface area contributed by atoms with Crippen LogP contribution >= 0.6 is 0 Å². The molecule has 2 amide bonds. The molecule has 7 heteroatoms. The fraction of sp³-hybridized carbons (Fsp3) is 0.333. The fourth-order valence-electron chi connectivity index (χ4n) is 2.34. The number of carbonyl (C=O) groups is 2. The summed E-state index contributed by atoms with van der Waals surface area (Å²) in [6.45, 7) is 0.438. The first kappa shape index (κ1) is 14.2. The first-order valence-corrected chi connectivity index (χ1v) is 7.24. The maximum absolute atomic E-state index is 11.9.